The standard InChI is InChI=1S/C15H21F4NO4S/c1-14(2,3)24-13(21)20-7-5-6-9-11(17)10(16)8-15(19,12(9)18)25(4,22)23/h8,12H,5-7H2,1-4H3,(H,20,21). The Kier molecular flexibility index (Phi) is 6.31. The maximum Gasteiger partial charge on any atom is 0.407 e. The average molecular weight is 387 g/mol. The first kappa shape index (κ1) is 21.5. The zero-order valence-corrected chi connectivity index (χ0v) is 15.1. The van der Waals surface area contributed by atoms with E-state index in [4.69, 9.17) is 4.74 Å². The quantitative estimate of drug-likeness (QED) is 0.580. The molecule has 0 fully saturated rings. The number of carbonyl (C=O) groups excluding carboxylic acids is 1. The first-order valence-electron chi connectivity index (χ1n) is 7.46. The van der Waals surface area contributed by atoms with Crippen molar-refractivity contribution >= 4 is 15.9 Å². The molecule has 0 saturated carbocycles. The summed E-state index contributed by atoms with van der Waals surface area (Å²) in [7, 11) is -4.68. The number of allylic oxidation sites excluding steroid dienone is 3. The number of ether oxygens (including phenoxy) is 1. The van der Waals surface area contributed by atoms with Crippen LogP contribution in [0.3, 0.4) is 0 Å². The van der Waals surface area contributed by atoms with Gasteiger partial charge in [-0.3, -0.25) is 0 Å². The number of alkyl halides is 2. The highest BCUT2D eigenvalue weighted by Gasteiger charge is 2.53. The third kappa shape index (κ3) is 5.20. The van der Waals surface area contributed by atoms with Gasteiger partial charge < -0.3 is 10.1 Å². The monoisotopic (exact) mass is 387 g/mol. The van der Waals surface area contributed by atoms with Crippen molar-refractivity contribution in [2.24, 2.45) is 0 Å². The van der Waals surface area contributed by atoms with Crippen molar-refractivity contribution in [2.45, 2.75) is 50.4 Å². The van der Waals surface area contributed by atoms with Gasteiger partial charge in [0.2, 0.25) is 0 Å². The van der Waals surface area contributed by atoms with Crippen molar-refractivity contribution in [3.05, 3.63) is 23.3 Å². The third-order valence-corrected chi connectivity index (χ3v) is 4.79. The normalized spacial score (nSPS) is 24.8. The van der Waals surface area contributed by atoms with E-state index in [2.05, 4.69) is 5.32 Å². The molecule has 5 nitrogen and oxygen atoms in total. The predicted octanol–water partition coefficient (Wildman–Crippen LogP) is 3.43. The van der Waals surface area contributed by atoms with Gasteiger partial charge in [0.25, 0.3) is 5.00 Å². The Balaban J connectivity index is 2.76. The summed E-state index contributed by atoms with van der Waals surface area (Å²) in [6, 6.07) is 0. The van der Waals surface area contributed by atoms with E-state index in [1.165, 1.54) is 0 Å². The maximum absolute atomic E-state index is 14.4. The van der Waals surface area contributed by atoms with E-state index in [1.807, 2.05) is 0 Å². The summed E-state index contributed by atoms with van der Waals surface area (Å²) in [4.78, 5) is 11.4. The lowest BCUT2D eigenvalue weighted by atomic mass is 9.95. The Morgan fingerprint density at radius 2 is 1.92 bits per heavy atom. The van der Waals surface area contributed by atoms with Crippen molar-refractivity contribution in [2.75, 3.05) is 12.8 Å². The molecule has 144 valence electrons. The summed E-state index contributed by atoms with van der Waals surface area (Å²) >= 11 is 0. The fraction of sp³-hybridized carbons (Fsp3) is 0.667. The highest BCUT2D eigenvalue weighted by molar-refractivity contribution is 7.92. The van der Waals surface area contributed by atoms with Crippen molar-refractivity contribution in [3.63, 3.8) is 0 Å². The first-order valence-corrected chi connectivity index (χ1v) is 9.35. The van der Waals surface area contributed by atoms with E-state index in [9.17, 15) is 30.8 Å². The second-order valence-corrected chi connectivity index (χ2v) is 8.87. The van der Waals surface area contributed by atoms with Crippen LogP contribution in [0.15, 0.2) is 23.3 Å². The molecule has 2 atom stereocenters. The molecule has 0 heterocycles. The smallest absolute Gasteiger partial charge is 0.407 e. The topological polar surface area (TPSA) is 72.5 Å². The van der Waals surface area contributed by atoms with Gasteiger partial charge in [0.1, 0.15) is 5.60 Å². The van der Waals surface area contributed by atoms with Crippen LogP contribution in [0.5, 0.6) is 0 Å². The number of hydrogen-bond acceptors (Lipinski definition) is 4. The molecule has 0 aromatic heterocycles. The van der Waals surface area contributed by atoms with Gasteiger partial charge in [0.15, 0.2) is 27.7 Å². The van der Waals surface area contributed by atoms with Crippen molar-refractivity contribution in [1.29, 1.82) is 0 Å². The van der Waals surface area contributed by atoms with Crippen LogP contribution in [0.4, 0.5) is 22.4 Å². The highest BCUT2D eigenvalue weighted by atomic mass is 32.2. The summed E-state index contributed by atoms with van der Waals surface area (Å²) in [6.07, 6.45) is -3.99. The molecular formula is C15H21F4NO4S. The molecule has 25 heavy (non-hydrogen) atoms. The highest BCUT2D eigenvalue weighted by Crippen LogP contribution is 2.42. The summed E-state index contributed by atoms with van der Waals surface area (Å²) in [6.45, 7) is 4.85. The van der Waals surface area contributed by atoms with Gasteiger partial charge in [-0.05, 0) is 33.6 Å². The Labute approximate surface area is 144 Å². The molecule has 0 spiro atoms. The largest absolute Gasteiger partial charge is 0.444 e. The van der Waals surface area contributed by atoms with Crippen molar-refractivity contribution in [3.8, 4) is 0 Å². The number of carbonyl (C=O) groups is 1. The second-order valence-electron chi connectivity index (χ2n) is 6.70. The van der Waals surface area contributed by atoms with Crippen LogP contribution in [0.2, 0.25) is 0 Å². The van der Waals surface area contributed by atoms with Gasteiger partial charge in [0, 0.05) is 24.4 Å². The molecule has 10 heteroatoms. The number of halogens is 4. The lowest BCUT2D eigenvalue weighted by molar-refractivity contribution is 0.0527. The van der Waals surface area contributed by atoms with E-state index in [1.54, 1.807) is 20.8 Å². The third-order valence-electron chi connectivity index (χ3n) is 3.33. The minimum absolute atomic E-state index is 0.0739. The van der Waals surface area contributed by atoms with Crippen LogP contribution in [0, 0.1) is 0 Å². The molecule has 0 aromatic rings. The van der Waals surface area contributed by atoms with Gasteiger partial charge in [-0.2, -0.15) is 0 Å². The van der Waals surface area contributed by atoms with E-state index in [0.29, 0.717) is 6.26 Å². The maximum atomic E-state index is 14.4. The van der Waals surface area contributed by atoms with E-state index in [0.717, 1.165) is 0 Å². The molecule has 0 radical (unpaired) electrons. The van der Waals surface area contributed by atoms with Gasteiger partial charge in [-0.15, -0.1) is 0 Å². The molecular weight excluding hydrogens is 366 g/mol. The molecule has 1 aliphatic rings. The Morgan fingerprint density at radius 1 is 1.36 bits per heavy atom. The molecule has 1 amide bonds. The van der Waals surface area contributed by atoms with Crippen molar-refractivity contribution in [1.82, 2.24) is 5.32 Å². The zero-order valence-electron chi connectivity index (χ0n) is 14.3. The average Bonchev–Trinajstić information content (AvgIpc) is 2.41. The fourth-order valence-corrected chi connectivity index (χ4v) is 2.96. The minimum atomic E-state index is -4.68. The SMILES string of the molecule is CC(C)(C)OC(=O)NCCCC1=C(F)C(F)=CC(F)(S(C)(=O)=O)C1F. The Hall–Kier alpha value is -1.58. The number of rotatable bonds is 5. The molecule has 0 bridgehead atoms. The first-order chi connectivity index (χ1) is 11.2. The summed E-state index contributed by atoms with van der Waals surface area (Å²) in [5, 5.41) is -1.34. The summed E-state index contributed by atoms with van der Waals surface area (Å²) in [5.41, 5.74) is -1.66. The second kappa shape index (κ2) is 7.35. The van der Waals surface area contributed by atoms with Crippen LogP contribution in [0.25, 0.3) is 0 Å². The molecule has 1 rings (SSSR count). The number of hydrogen-bond donors (Lipinski definition) is 1. The number of amides is 1. The number of sulfone groups is 1. The van der Waals surface area contributed by atoms with E-state index in [-0.39, 0.29) is 19.0 Å². The minimum Gasteiger partial charge on any atom is -0.444 e. The molecule has 0 aliphatic heterocycles. The Bertz CT molecular complexity index is 697. The van der Waals surface area contributed by atoms with Crippen LogP contribution >= 0.6 is 0 Å². The lowest BCUT2D eigenvalue weighted by Gasteiger charge is -2.29. The summed E-state index contributed by atoms with van der Waals surface area (Å²) in [5.74, 6) is -3.39. The molecule has 0 aromatic carbocycles. The Morgan fingerprint density at radius 3 is 2.40 bits per heavy atom. The van der Waals surface area contributed by atoms with Crippen LogP contribution < -0.4 is 5.32 Å². The van der Waals surface area contributed by atoms with Crippen LogP contribution in [-0.2, 0) is 14.6 Å². The van der Waals surface area contributed by atoms with Gasteiger partial charge in [-0.25, -0.2) is 30.8 Å². The predicted molar refractivity (Wildman–Crippen MR) is 84.4 cm³/mol. The molecule has 1 N–H and O–H groups in total. The van der Waals surface area contributed by atoms with Crippen molar-refractivity contribution < 1.29 is 35.5 Å². The molecule has 2 unspecified atom stereocenters. The van der Waals surface area contributed by atoms with Gasteiger partial charge >= 0.3 is 6.09 Å². The van der Waals surface area contributed by atoms with E-state index < -0.39 is 56.4 Å². The van der Waals surface area contributed by atoms with E-state index >= 15 is 0 Å². The molecule has 0 saturated heterocycles. The van der Waals surface area contributed by atoms with Crippen LogP contribution in [0.1, 0.15) is 33.6 Å². The van der Waals surface area contributed by atoms with Crippen LogP contribution in [-0.4, -0.2) is 44.1 Å². The summed E-state index contributed by atoms with van der Waals surface area (Å²) < 4.78 is 83.7. The lowest BCUT2D eigenvalue weighted by Crippen LogP contribution is -2.44. The van der Waals surface area contributed by atoms with Gasteiger partial charge in [-0.1, -0.05) is 0 Å². The molecule has 1 aliphatic carbocycles. The zero-order chi connectivity index (χ0) is 19.6. The van der Waals surface area contributed by atoms with Gasteiger partial charge in [0.05, 0.1) is 0 Å². The number of alkyl carbamates (subject to hydrolysis) is 1. The fourth-order valence-electron chi connectivity index (χ4n) is 2.13. The number of nitrogens with one attached hydrogen (secondary N) is 1.